The second-order valence-electron chi connectivity index (χ2n) is 16.7. The van der Waals surface area contributed by atoms with Crippen molar-refractivity contribution in [2.75, 3.05) is 21.2 Å². The van der Waals surface area contributed by atoms with Crippen molar-refractivity contribution < 1.29 is 77.1 Å². The number of ether oxygens (including phenoxy) is 9. The highest BCUT2D eigenvalue weighted by Crippen LogP contribution is 2.38. The van der Waals surface area contributed by atoms with E-state index in [1.165, 1.54) is 7.11 Å². The molecule has 332 valence electrons. The molecule has 0 amide bonds. The van der Waals surface area contributed by atoms with Crippen LogP contribution in [0.5, 0.6) is 0 Å². The highest BCUT2D eigenvalue weighted by Gasteiger charge is 2.53. The third-order valence-electron chi connectivity index (χ3n) is 11.5. The van der Waals surface area contributed by atoms with Gasteiger partial charge < -0.3 is 67.6 Å². The summed E-state index contributed by atoms with van der Waals surface area (Å²) in [5.41, 5.74) is -1.49. The largest absolute Gasteiger partial charge is 0.462 e. The zero-order valence-corrected chi connectivity index (χ0v) is 35.6. The van der Waals surface area contributed by atoms with Gasteiger partial charge in [0.1, 0.15) is 48.5 Å². The molecule has 0 aromatic heterocycles. The number of hydrogen-bond donors (Lipinski definition) is 3. The number of aliphatic hydroxyl groups is 3. The lowest BCUT2D eigenvalue weighted by Crippen LogP contribution is -2.66. The summed E-state index contributed by atoms with van der Waals surface area (Å²) in [5.74, 6) is -2.86. The molecule has 4 aliphatic heterocycles. The predicted octanol–water partition coefficient (Wildman–Crippen LogP) is 1.98. The molecule has 0 bridgehead atoms. The molecular weight excluding hydrogens is 762 g/mol. The highest BCUT2D eigenvalue weighted by atomic mass is 16.7. The number of aliphatic hydroxyl groups excluding tert-OH is 2. The van der Waals surface area contributed by atoms with Crippen LogP contribution in [0, 0.1) is 11.8 Å². The standard InChI is InChI=1S/C41H67NO16/c1-11-30(45)55-29-19-32(47)51-22(4)18-28-27(54-28)14-13-26(44)21(3)17-25(15-16-43)37(38(29)50-10)58-40-35(48)34(42(8)9)36(23(5)53-40)57-33-20-41(7,49)39(24(6)52-33)56-31(46)12-2/h13-14,16,21-29,33-40,44,48-49H,11-12,15,17-20H2,1-10H3/b14-13+/t21-,22?,23-,24+,25+,26+,27+,28+,29-,33+,34-,35-,36-,37?,38-,39+,40+,41-/m1/s1. The van der Waals surface area contributed by atoms with Crippen molar-refractivity contribution in [2.45, 2.75) is 191 Å². The summed E-state index contributed by atoms with van der Waals surface area (Å²) in [6.07, 6.45) is -8.08. The molecule has 0 spiro atoms. The van der Waals surface area contributed by atoms with Gasteiger partial charge in [0.15, 0.2) is 18.7 Å². The van der Waals surface area contributed by atoms with Crippen molar-refractivity contribution in [3.8, 4) is 0 Å². The first-order valence-electron chi connectivity index (χ1n) is 20.6. The number of nitrogens with zero attached hydrogens (tertiary/aromatic N) is 1. The number of epoxide rings is 1. The average molecular weight is 830 g/mol. The van der Waals surface area contributed by atoms with Crippen LogP contribution in [0.2, 0.25) is 0 Å². The first-order valence-corrected chi connectivity index (χ1v) is 20.6. The third kappa shape index (κ3) is 12.5. The maximum atomic E-state index is 13.4. The maximum absolute atomic E-state index is 13.4. The Labute approximate surface area is 341 Å². The van der Waals surface area contributed by atoms with Crippen LogP contribution in [-0.2, 0) is 61.8 Å². The van der Waals surface area contributed by atoms with Crippen LogP contribution in [0.3, 0.4) is 0 Å². The van der Waals surface area contributed by atoms with E-state index in [2.05, 4.69) is 0 Å². The van der Waals surface area contributed by atoms with E-state index >= 15 is 0 Å². The Hall–Kier alpha value is -2.58. The van der Waals surface area contributed by atoms with Gasteiger partial charge in [-0.25, -0.2) is 0 Å². The Bertz CT molecular complexity index is 1390. The average Bonchev–Trinajstić information content (AvgIpc) is 3.89. The topological polar surface area (TPSA) is 219 Å². The second kappa shape index (κ2) is 21.3. The number of rotatable bonds is 12. The Balaban J connectivity index is 1.67. The van der Waals surface area contributed by atoms with Gasteiger partial charge in [0, 0.05) is 39.2 Å². The van der Waals surface area contributed by atoms with Gasteiger partial charge in [-0.1, -0.05) is 32.9 Å². The van der Waals surface area contributed by atoms with Crippen LogP contribution in [0.1, 0.15) is 93.4 Å². The molecule has 2 unspecified atom stereocenters. The molecule has 0 aromatic carbocycles. The van der Waals surface area contributed by atoms with Crippen LogP contribution in [0.25, 0.3) is 0 Å². The normalized spacial score (nSPS) is 43.4. The smallest absolute Gasteiger partial charge is 0.309 e. The molecule has 4 aliphatic rings. The predicted molar refractivity (Wildman–Crippen MR) is 205 cm³/mol. The van der Waals surface area contributed by atoms with E-state index in [0.29, 0.717) is 12.7 Å². The van der Waals surface area contributed by atoms with Crippen LogP contribution in [0.15, 0.2) is 12.2 Å². The summed E-state index contributed by atoms with van der Waals surface area (Å²) in [6.45, 7) is 11.8. The fraction of sp³-hybridized carbons (Fsp3) is 0.854. The lowest BCUT2D eigenvalue weighted by atomic mass is 9.82. The SMILES string of the molecule is CCC(=O)O[C@@H]1CC(=O)OC(C)C[C@@H]2O[C@H]2/C=C/[C@H](O)[C@H](C)C[C@H](CC=O)C(O[C@@H]2O[C@H](C)[C@@H](O[C@H]3C[C@@](C)(O)[C@@H](OC(=O)CC)[C@H](C)O3)[C@H](N(C)C)[C@H]2O)[C@@H]1OC. The van der Waals surface area contributed by atoms with Crippen molar-refractivity contribution in [1.29, 1.82) is 0 Å². The number of hydrogen-bond acceptors (Lipinski definition) is 17. The van der Waals surface area contributed by atoms with E-state index in [9.17, 15) is 34.5 Å². The van der Waals surface area contributed by atoms with Crippen LogP contribution < -0.4 is 0 Å². The monoisotopic (exact) mass is 829 g/mol. The van der Waals surface area contributed by atoms with Crippen molar-refractivity contribution in [2.24, 2.45) is 11.8 Å². The van der Waals surface area contributed by atoms with Crippen molar-refractivity contribution in [3.63, 3.8) is 0 Å². The van der Waals surface area contributed by atoms with Crippen molar-refractivity contribution >= 4 is 24.2 Å². The summed E-state index contributed by atoms with van der Waals surface area (Å²) in [4.78, 5) is 52.5. The number of cyclic esters (lactones) is 1. The minimum atomic E-state index is -1.49. The molecule has 3 N–H and O–H groups in total. The van der Waals surface area contributed by atoms with E-state index in [4.69, 9.17) is 42.6 Å². The Morgan fingerprint density at radius 1 is 0.931 bits per heavy atom. The summed E-state index contributed by atoms with van der Waals surface area (Å²) in [6, 6.07) is -0.783. The van der Waals surface area contributed by atoms with E-state index in [1.54, 1.807) is 72.7 Å². The lowest BCUT2D eigenvalue weighted by molar-refractivity contribution is -0.344. The molecular formula is C41H67NO16. The Morgan fingerprint density at radius 3 is 2.21 bits per heavy atom. The Morgan fingerprint density at radius 2 is 1.60 bits per heavy atom. The summed E-state index contributed by atoms with van der Waals surface area (Å²) < 4.78 is 54.4. The molecule has 0 radical (unpaired) electrons. The van der Waals surface area contributed by atoms with Crippen LogP contribution >= 0.6 is 0 Å². The highest BCUT2D eigenvalue weighted by molar-refractivity contribution is 5.72. The van der Waals surface area contributed by atoms with E-state index in [-0.39, 0.29) is 44.3 Å². The first-order chi connectivity index (χ1) is 27.3. The van der Waals surface area contributed by atoms with Gasteiger partial charge in [0.05, 0.1) is 43.0 Å². The molecule has 58 heavy (non-hydrogen) atoms. The van der Waals surface area contributed by atoms with Gasteiger partial charge >= 0.3 is 17.9 Å². The zero-order chi connectivity index (χ0) is 43.1. The number of methoxy groups -OCH3 is 1. The molecule has 3 fully saturated rings. The number of carbonyl (C=O) groups excluding carboxylic acids is 4. The zero-order valence-electron chi connectivity index (χ0n) is 35.6. The van der Waals surface area contributed by atoms with Gasteiger partial charge in [-0.3, -0.25) is 14.4 Å². The summed E-state index contributed by atoms with van der Waals surface area (Å²) >= 11 is 0. The molecule has 3 saturated heterocycles. The molecule has 18 atom stereocenters. The third-order valence-corrected chi connectivity index (χ3v) is 11.5. The number of likely N-dealkylation sites (N-methyl/N-ethyl adjacent to an activating group) is 1. The molecule has 0 saturated carbocycles. The molecule has 17 nitrogen and oxygen atoms in total. The van der Waals surface area contributed by atoms with Crippen molar-refractivity contribution in [1.82, 2.24) is 4.90 Å². The maximum Gasteiger partial charge on any atom is 0.309 e. The van der Waals surface area contributed by atoms with Gasteiger partial charge in [-0.05, 0) is 60.0 Å². The molecule has 0 aromatic rings. The fourth-order valence-electron chi connectivity index (χ4n) is 8.36. The van der Waals surface area contributed by atoms with Gasteiger partial charge in [0.25, 0.3) is 0 Å². The second-order valence-corrected chi connectivity index (χ2v) is 16.7. The lowest BCUT2D eigenvalue weighted by Gasteiger charge is -2.50. The molecule has 0 aliphatic carbocycles. The van der Waals surface area contributed by atoms with Gasteiger partial charge in [-0.2, -0.15) is 0 Å². The number of esters is 3. The van der Waals surface area contributed by atoms with E-state index < -0.39 is 121 Å². The van der Waals surface area contributed by atoms with E-state index in [1.807, 2.05) is 6.92 Å². The Kier molecular flexibility index (Phi) is 17.6. The first kappa shape index (κ1) is 48.1. The minimum Gasteiger partial charge on any atom is -0.462 e. The van der Waals surface area contributed by atoms with E-state index in [0.717, 1.165) is 0 Å². The van der Waals surface area contributed by atoms with Crippen molar-refractivity contribution in [3.05, 3.63) is 12.2 Å². The van der Waals surface area contributed by atoms with Crippen LogP contribution in [0.4, 0.5) is 0 Å². The summed E-state index contributed by atoms with van der Waals surface area (Å²) in [7, 11) is 4.86. The molecule has 4 heterocycles. The molecule has 17 heteroatoms. The fourth-order valence-corrected chi connectivity index (χ4v) is 8.36. The quantitative estimate of drug-likeness (QED) is 0.0842. The van der Waals surface area contributed by atoms with Gasteiger partial charge in [0.2, 0.25) is 0 Å². The molecule has 4 rings (SSSR count). The number of aldehydes is 1. The van der Waals surface area contributed by atoms with Crippen LogP contribution in [-0.4, -0.2) is 163 Å². The summed E-state index contributed by atoms with van der Waals surface area (Å²) in [5, 5.41) is 34.6. The minimum absolute atomic E-state index is 0.00499. The number of carbonyl (C=O) groups is 4. The number of fused-ring (bicyclic) bond motifs is 1. The van der Waals surface area contributed by atoms with Gasteiger partial charge in [-0.15, -0.1) is 0 Å².